The van der Waals surface area contributed by atoms with Crippen molar-refractivity contribution in [1.29, 1.82) is 0 Å². The zero-order chi connectivity index (χ0) is 12.8. The largest absolute Gasteiger partial charge is 0.367 e. The van der Waals surface area contributed by atoms with Gasteiger partial charge in [0.05, 0.1) is 11.8 Å². The van der Waals surface area contributed by atoms with Crippen LogP contribution in [0.1, 0.15) is 24.1 Å². The van der Waals surface area contributed by atoms with Gasteiger partial charge < -0.3 is 15.2 Å². The number of H-pyrrole nitrogens is 1. The van der Waals surface area contributed by atoms with E-state index in [9.17, 15) is 0 Å². The van der Waals surface area contributed by atoms with Crippen molar-refractivity contribution in [1.82, 2.24) is 10.1 Å². The van der Waals surface area contributed by atoms with Crippen molar-refractivity contribution in [3.63, 3.8) is 0 Å². The Kier molecular flexibility index (Phi) is 2.18. The van der Waals surface area contributed by atoms with Gasteiger partial charge in [-0.1, -0.05) is 11.2 Å². The summed E-state index contributed by atoms with van der Waals surface area (Å²) in [5.74, 6) is 0.378. The first-order valence-electron chi connectivity index (χ1n) is 6.67. The first-order valence-corrected chi connectivity index (χ1v) is 6.67. The minimum atomic E-state index is 0.378. The van der Waals surface area contributed by atoms with Crippen LogP contribution in [0.4, 0.5) is 5.88 Å². The van der Waals surface area contributed by atoms with E-state index in [2.05, 4.69) is 28.3 Å². The molecule has 2 heterocycles. The molecule has 96 valence electrons. The highest BCUT2D eigenvalue weighted by molar-refractivity contribution is 5.90. The first-order chi connectivity index (χ1) is 9.33. The molecule has 0 fully saturated rings. The van der Waals surface area contributed by atoms with Gasteiger partial charge in [-0.05, 0) is 48.9 Å². The number of aryl methyl sites for hydroxylation is 2. The second-order valence-electron chi connectivity index (χ2n) is 5.15. The third-order valence-electron chi connectivity index (χ3n) is 4.01. The molecule has 0 radical (unpaired) electrons. The van der Waals surface area contributed by atoms with Crippen LogP contribution in [0.2, 0.25) is 0 Å². The summed E-state index contributed by atoms with van der Waals surface area (Å²) in [7, 11) is 0. The molecule has 0 amide bonds. The summed E-state index contributed by atoms with van der Waals surface area (Å²) in [6, 6.07) is 6.38. The summed E-state index contributed by atoms with van der Waals surface area (Å²) >= 11 is 0. The first kappa shape index (κ1) is 10.7. The highest BCUT2D eigenvalue weighted by atomic mass is 16.5. The lowest BCUT2D eigenvalue weighted by molar-refractivity contribution is 0.436. The number of nitrogens with two attached hydrogens (primary N) is 1. The zero-order valence-corrected chi connectivity index (χ0v) is 10.6. The fourth-order valence-corrected chi connectivity index (χ4v) is 3.04. The lowest BCUT2D eigenvalue weighted by Gasteiger charge is -2.10. The Hall–Kier alpha value is -2.23. The van der Waals surface area contributed by atoms with Crippen LogP contribution in [-0.4, -0.2) is 10.1 Å². The van der Waals surface area contributed by atoms with Crippen LogP contribution in [0.15, 0.2) is 28.9 Å². The fourth-order valence-electron chi connectivity index (χ4n) is 3.04. The van der Waals surface area contributed by atoms with Gasteiger partial charge in [-0.15, -0.1) is 0 Å². The van der Waals surface area contributed by atoms with Crippen molar-refractivity contribution >= 4 is 16.8 Å². The smallest absolute Gasteiger partial charge is 0.229 e. The van der Waals surface area contributed by atoms with Gasteiger partial charge in [0.25, 0.3) is 0 Å². The molecule has 4 heteroatoms. The van der Waals surface area contributed by atoms with Crippen molar-refractivity contribution in [3.05, 3.63) is 35.7 Å². The molecule has 1 aliphatic rings. The van der Waals surface area contributed by atoms with E-state index >= 15 is 0 Å². The number of aromatic nitrogens is 2. The number of fused-ring (bicyclic) bond motifs is 3. The van der Waals surface area contributed by atoms with Crippen molar-refractivity contribution in [3.8, 4) is 11.1 Å². The number of rotatable bonds is 1. The van der Waals surface area contributed by atoms with Crippen LogP contribution in [-0.2, 0) is 12.8 Å². The molecule has 3 aromatic rings. The van der Waals surface area contributed by atoms with Crippen LogP contribution in [0.25, 0.3) is 22.0 Å². The monoisotopic (exact) mass is 253 g/mol. The maximum atomic E-state index is 5.79. The van der Waals surface area contributed by atoms with Gasteiger partial charge in [0.15, 0.2) is 0 Å². The van der Waals surface area contributed by atoms with Crippen LogP contribution in [0.3, 0.4) is 0 Å². The number of nitrogens with zero attached hydrogens (tertiary/aromatic N) is 1. The van der Waals surface area contributed by atoms with Crippen molar-refractivity contribution in [2.24, 2.45) is 0 Å². The van der Waals surface area contributed by atoms with E-state index in [-0.39, 0.29) is 0 Å². The number of nitrogen functional groups attached to an aromatic ring is 1. The quantitative estimate of drug-likeness (QED) is 0.699. The third kappa shape index (κ3) is 1.56. The Balaban J connectivity index is 1.93. The maximum Gasteiger partial charge on any atom is 0.229 e. The Labute approximate surface area is 110 Å². The van der Waals surface area contributed by atoms with Gasteiger partial charge in [0.2, 0.25) is 5.88 Å². The molecule has 19 heavy (non-hydrogen) atoms. The van der Waals surface area contributed by atoms with E-state index in [1.54, 1.807) is 6.20 Å². The molecule has 0 saturated carbocycles. The van der Waals surface area contributed by atoms with E-state index in [1.165, 1.54) is 35.0 Å². The Morgan fingerprint density at radius 1 is 1.21 bits per heavy atom. The molecule has 0 atom stereocenters. The lowest BCUT2D eigenvalue weighted by atomic mass is 9.94. The summed E-state index contributed by atoms with van der Waals surface area (Å²) in [6.07, 6.45) is 6.56. The minimum Gasteiger partial charge on any atom is -0.367 e. The Bertz CT molecular complexity index is 754. The van der Waals surface area contributed by atoms with Gasteiger partial charge >= 0.3 is 0 Å². The van der Waals surface area contributed by atoms with Gasteiger partial charge in [0.1, 0.15) is 0 Å². The molecular formula is C15H15N3O. The number of nitrogens with one attached hydrogen (secondary N) is 1. The van der Waals surface area contributed by atoms with Gasteiger partial charge in [0, 0.05) is 16.6 Å². The predicted octanol–water partition coefficient (Wildman–Crippen LogP) is 3.28. The van der Waals surface area contributed by atoms with Crippen LogP contribution < -0.4 is 5.73 Å². The second kappa shape index (κ2) is 3.88. The van der Waals surface area contributed by atoms with E-state index in [1.807, 2.05) is 0 Å². The average molecular weight is 253 g/mol. The normalized spacial score (nSPS) is 14.7. The molecule has 1 aromatic carbocycles. The number of aromatic amines is 1. The molecule has 0 saturated heterocycles. The molecular weight excluding hydrogens is 238 g/mol. The van der Waals surface area contributed by atoms with Crippen molar-refractivity contribution in [2.45, 2.75) is 25.7 Å². The molecule has 0 bridgehead atoms. The molecule has 3 N–H and O–H groups in total. The van der Waals surface area contributed by atoms with E-state index in [0.717, 1.165) is 24.0 Å². The summed E-state index contributed by atoms with van der Waals surface area (Å²) in [5.41, 5.74) is 11.8. The Morgan fingerprint density at radius 2 is 2.11 bits per heavy atom. The highest BCUT2D eigenvalue weighted by Gasteiger charge is 2.16. The van der Waals surface area contributed by atoms with Gasteiger partial charge in [-0.25, -0.2) is 0 Å². The highest BCUT2D eigenvalue weighted by Crippen LogP contribution is 2.33. The van der Waals surface area contributed by atoms with E-state index in [4.69, 9.17) is 10.3 Å². The summed E-state index contributed by atoms with van der Waals surface area (Å²) < 4.78 is 4.95. The minimum absolute atomic E-state index is 0.378. The number of hydrogen-bond acceptors (Lipinski definition) is 3. The van der Waals surface area contributed by atoms with E-state index in [0.29, 0.717) is 5.88 Å². The number of anilines is 1. The van der Waals surface area contributed by atoms with E-state index < -0.39 is 0 Å². The molecule has 4 rings (SSSR count). The maximum absolute atomic E-state index is 5.79. The SMILES string of the molecule is Nc1oncc1-c1ccc2[nH]c3c(c2c1)CCCC3. The predicted molar refractivity (Wildman–Crippen MR) is 74.9 cm³/mol. The second-order valence-corrected chi connectivity index (χ2v) is 5.15. The topological polar surface area (TPSA) is 67.8 Å². The summed E-state index contributed by atoms with van der Waals surface area (Å²) in [4.78, 5) is 3.53. The van der Waals surface area contributed by atoms with Crippen LogP contribution >= 0.6 is 0 Å². The molecule has 0 aliphatic heterocycles. The van der Waals surface area contributed by atoms with Crippen molar-refractivity contribution < 1.29 is 4.52 Å². The number of benzene rings is 1. The number of hydrogen-bond donors (Lipinski definition) is 2. The van der Waals surface area contributed by atoms with Crippen molar-refractivity contribution in [2.75, 3.05) is 5.73 Å². The summed E-state index contributed by atoms with van der Waals surface area (Å²) in [5, 5.41) is 5.06. The average Bonchev–Trinajstić information content (AvgIpc) is 3.01. The molecule has 1 aliphatic carbocycles. The molecule has 0 spiro atoms. The third-order valence-corrected chi connectivity index (χ3v) is 4.01. The molecule has 4 nitrogen and oxygen atoms in total. The standard InChI is InChI=1S/C15H15N3O/c16-15-12(8-17-19-15)9-5-6-14-11(7-9)10-3-1-2-4-13(10)18-14/h5-8,18H,1-4,16H2. The lowest BCUT2D eigenvalue weighted by Crippen LogP contribution is -1.99. The Morgan fingerprint density at radius 3 is 2.95 bits per heavy atom. The fraction of sp³-hybridized carbons (Fsp3) is 0.267. The van der Waals surface area contributed by atoms with Gasteiger partial charge in [-0.3, -0.25) is 0 Å². The van der Waals surface area contributed by atoms with Gasteiger partial charge in [-0.2, -0.15) is 0 Å². The summed E-state index contributed by atoms with van der Waals surface area (Å²) in [6.45, 7) is 0. The molecule has 2 aromatic heterocycles. The van der Waals surface area contributed by atoms with Crippen LogP contribution in [0, 0.1) is 0 Å². The molecule has 0 unspecified atom stereocenters. The zero-order valence-electron chi connectivity index (χ0n) is 10.6. The van der Waals surface area contributed by atoms with Crippen LogP contribution in [0.5, 0.6) is 0 Å².